The van der Waals surface area contributed by atoms with Crippen LogP contribution >= 0.6 is 0 Å². The molecule has 0 spiro atoms. The van der Waals surface area contributed by atoms with Gasteiger partial charge in [-0.1, -0.05) is 166 Å². The lowest BCUT2D eigenvalue weighted by atomic mass is 10.1. The lowest BCUT2D eigenvalue weighted by Crippen LogP contribution is -2.30. The minimum Gasteiger partial charge on any atom is -0.462 e. The molecule has 0 rings (SSSR count). The third-order valence-electron chi connectivity index (χ3n) is 8.80. The van der Waals surface area contributed by atoms with Crippen LogP contribution in [0.15, 0.2) is 48.6 Å². The highest BCUT2D eigenvalue weighted by Crippen LogP contribution is 2.12. The molecule has 0 saturated heterocycles. The Hall–Kier alpha value is -2.14. The molecule has 1 unspecified atom stereocenters. The zero-order valence-electron chi connectivity index (χ0n) is 33.2. The predicted molar refractivity (Wildman–Crippen MR) is 215 cm³/mol. The molecule has 0 amide bonds. The Kier molecular flexibility index (Phi) is 39.5. The Morgan fingerprint density at radius 1 is 0.440 bits per heavy atom. The van der Waals surface area contributed by atoms with Crippen molar-refractivity contribution in [2.75, 3.05) is 19.8 Å². The maximum absolute atomic E-state index is 12.6. The first kappa shape index (κ1) is 47.9. The largest absolute Gasteiger partial charge is 0.462 e. The minimum absolute atomic E-state index is 0.0744. The number of esters is 2. The van der Waals surface area contributed by atoms with E-state index in [1.165, 1.54) is 103 Å². The van der Waals surface area contributed by atoms with Crippen LogP contribution in [0.5, 0.6) is 0 Å². The van der Waals surface area contributed by atoms with Gasteiger partial charge in [0.05, 0.1) is 6.61 Å². The SMILES string of the molecule is CCC/C=C\C/C=C\CCCCCCCCOCC(COC(=O)CCCCCCC/C=C\C/C=C\CCC)OC(=O)CCCCCCCCC. The summed E-state index contributed by atoms with van der Waals surface area (Å²) in [6, 6.07) is 0. The number of ether oxygens (including phenoxy) is 3. The van der Waals surface area contributed by atoms with E-state index in [-0.39, 0.29) is 25.2 Å². The Bertz CT molecular complexity index is 842. The molecule has 0 radical (unpaired) electrons. The minimum atomic E-state index is -0.540. The van der Waals surface area contributed by atoms with Crippen LogP contribution in [0.2, 0.25) is 0 Å². The van der Waals surface area contributed by atoms with Gasteiger partial charge in [-0.15, -0.1) is 0 Å². The van der Waals surface area contributed by atoms with Crippen molar-refractivity contribution < 1.29 is 23.8 Å². The van der Waals surface area contributed by atoms with Crippen molar-refractivity contribution in [2.45, 2.75) is 207 Å². The average Bonchev–Trinajstić information content (AvgIpc) is 3.11. The number of carbonyl (C=O) groups excluding carboxylic acids is 2. The van der Waals surface area contributed by atoms with Gasteiger partial charge in [0.25, 0.3) is 0 Å². The molecule has 290 valence electrons. The van der Waals surface area contributed by atoms with Crippen LogP contribution in [0.3, 0.4) is 0 Å². The average molecular weight is 701 g/mol. The maximum atomic E-state index is 12.6. The summed E-state index contributed by atoms with van der Waals surface area (Å²) in [6.45, 7) is 7.62. The molecule has 0 saturated carbocycles. The Labute approximate surface area is 310 Å². The van der Waals surface area contributed by atoms with Crippen LogP contribution in [0.1, 0.15) is 201 Å². The van der Waals surface area contributed by atoms with Crippen LogP contribution < -0.4 is 0 Å². The summed E-state index contributed by atoms with van der Waals surface area (Å²) >= 11 is 0. The summed E-state index contributed by atoms with van der Waals surface area (Å²) in [6.07, 6.45) is 48.2. The topological polar surface area (TPSA) is 61.8 Å². The zero-order valence-corrected chi connectivity index (χ0v) is 33.2. The van der Waals surface area contributed by atoms with Crippen molar-refractivity contribution in [1.29, 1.82) is 0 Å². The molecule has 0 bridgehead atoms. The second kappa shape index (κ2) is 41.3. The van der Waals surface area contributed by atoms with Gasteiger partial charge in [-0.2, -0.15) is 0 Å². The van der Waals surface area contributed by atoms with E-state index in [2.05, 4.69) is 69.4 Å². The van der Waals surface area contributed by atoms with Crippen LogP contribution in [0, 0.1) is 0 Å². The second-order valence-electron chi connectivity index (χ2n) is 13.9. The normalized spacial score (nSPS) is 12.6. The van der Waals surface area contributed by atoms with Crippen molar-refractivity contribution >= 4 is 11.9 Å². The van der Waals surface area contributed by atoms with Gasteiger partial charge in [0.15, 0.2) is 6.10 Å². The molecule has 50 heavy (non-hydrogen) atoms. The van der Waals surface area contributed by atoms with Crippen molar-refractivity contribution in [2.24, 2.45) is 0 Å². The molecule has 0 fully saturated rings. The number of carbonyl (C=O) groups is 2. The van der Waals surface area contributed by atoms with E-state index < -0.39 is 6.10 Å². The highest BCUT2D eigenvalue weighted by molar-refractivity contribution is 5.70. The predicted octanol–water partition coefficient (Wildman–Crippen LogP) is 13.7. The molecule has 0 aromatic heterocycles. The third kappa shape index (κ3) is 38.7. The summed E-state index contributed by atoms with van der Waals surface area (Å²) in [5, 5.41) is 0. The number of hydrogen-bond acceptors (Lipinski definition) is 5. The van der Waals surface area contributed by atoms with Crippen molar-refractivity contribution in [1.82, 2.24) is 0 Å². The number of allylic oxidation sites excluding steroid dienone is 8. The second-order valence-corrected chi connectivity index (χ2v) is 13.9. The third-order valence-corrected chi connectivity index (χ3v) is 8.80. The molecule has 0 aliphatic carbocycles. The summed E-state index contributed by atoms with van der Waals surface area (Å²) in [5.41, 5.74) is 0. The molecule has 5 nitrogen and oxygen atoms in total. The molecule has 0 heterocycles. The molecule has 0 aliphatic rings. The summed E-state index contributed by atoms with van der Waals surface area (Å²) in [5.74, 6) is -0.426. The molecule has 0 aliphatic heterocycles. The van der Waals surface area contributed by atoms with Gasteiger partial charge in [0.2, 0.25) is 0 Å². The van der Waals surface area contributed by atoms with Crippen LogP contribution in [0.25, 0.3) is 0 Å². The quantitative estimate of drug-likeness (QED) is 0.0364. The van der Waals surface area contributed by atoms with Gasteiger partial charge in [0, 0.05) is 19.4 Å². The summed E-state index contributed by atoms with van der Waals surface area (Å²) in [7, 11) is 0. The lowest BCUT2D eigenvalue weighted by molar-refractivity contribution is -0.163. The molecular weight excluding hydrogens is 620 g/mol. The van der Waals surface area contributed by atoms with Gasteiger partial charge in [-0.05, 0) is 70.6 Å². The molecule has 0 aromatic carbocycles. The van der Waals surface area contributed by atoms with E-state index in [4.69, 9.17) is 14.2 Å². The fourth-order valence-electron chi connectivity index (χ4n) is 5.64. The monoisotopic (exact) mass is 701 g/mol. The van der Waals surface area contributed by atoms with Gasteiger partial charge >= 0.3 is 11.9 Å². The standard InChI is InChI=1S/C45H80O5/c1-4-7-10-13-16-18-20-22-24-26-28-31-34-37-40-48-41-43(50-45(47)39-36-33-29-15-12-9-6-3)42-49-44(46)38-35-32-30-27-25-23-21-19-17-14-11-8-5-2/h10-11,13-14,18-21,43H,4-9,12,15-17,22-42H2,1-3H3/b13-10-,14-11-,20-18-,21-19-. The first-order chi connectivity index (χ1) is 24.6. The van der Waals surface area contributed by atoms with Crippen LogP contribution in [-0.4, -0.2) is 37.9 Å². The van der Waals surface area contributed by atoms with E-state index in [9.17, 15) is 9.59 Å². The van der Waals surface area contributed by atoms with E-state index in [1.807, 2.05) is 0 Å². The molecule has 0 aromatic rings. The van der Waals surface area contributed by atoms with E-state index in [0.717, 1.165) is 64.2 Å². The van der Waals surface area contributed by atoms with E-state index in [0.29, 0.717) is 19.4 Å². The highest BCUT2D eigenvalue weighted by atomic mass is 16.6. The lowest BCUT2D eigenvalue weighted by Gasteiger charge is -2.18. The van der Waals surface area contributed by atoms with E-state index in [1.54, 1.807) is 0 Å². The van der Waals surface area contributed by atoms with Gasteiger partial charge < -0.3 is 14.2 Å². The number of rotatable bonds is 38. The van der Waals surface area contributed by atoms with Crippen molar-refractivity contribution in [3.63, 3.8) is 0 Å². The first-order valence-electron chi connectivity index (χ1n) is 21.2. The van der Waals surface area contributed by atoms with Crippen molar-refractivity contribution in [3.05, 3.63) is 48.6 Å². The zero-order chi connectivity index (χ0) is 36.4. The molecule has 5 heteroatoms. The fourth-order valence-corrected chi connectivity index (χ4v) is 5.64. The Balaban J connectivity index is 4.21. The smallest absolute Gasteiger partial charge is 0.306 e. The first-order valence-corrected chi connectivity index (χ1v) is 21.2. The van der Waals surface area contributed by atoms with Crippen LogP contribution in [-0.2, 0) is 23.8 Å². The van der Waals surface area contributed by atoms with Crippen LogP contribution in [0.4, 0.5) is 0 Å². The highest BCUT2D eigenvalue weighted by Gasteiger charge is 2.17. The summed E-state index contributed by atoms with van der Waals surface area (Å²) < 4.78 is 17.2. The van der Waals surface area contributed by atoms with E-state index >= 15 is 0 Å². The molecular formula is C45H80O5. The van der Waals surface area contributed by atoms with Crippen molar-refractivity contribution in [3.8, 4) is 0 Å². The molecule has 0 N–H and O–H groups in total. The maximum Gasteiger partial charge on any atom is 0.306 e. The van der Waals surface area contributed by atoms with Gasteiger partial charge in [0.1, 0.15) is 6.61 Å². The molecule has 1 atom stereocenters. The van der Waals surface area contributed by atoms with Gasteiger partial charge in [-0.3, -0.25) is 9.59 Å². The van der Waals surface area contributed by atoms with Gasteiger partial charge in [-0.25, -0.2) is 0 Å². The number of hydrogen-bond donors (Lipinski definition) is 0. The fraction of sp³-hybridized carbons (Fsp3) is 0.778. The number of unbranched alkanes of at least 4 members (excludes halogenated alkanes) is 19. The Morgan fingerprint density at radius 3 is 1.40 bits per heavy atom. The Morgan fingerprint density at radius 2 is 0.880 bits per heavy atom. The summed E-state index contributed by atoms with van der Waals surface area (Å²) in [4.78, 5) is 25.0.